The molecule has 0 amide bonds. The van der Waals surface area contributed by atoms with E-state index in [4.69, 9.17) is 11.6 Å². The van der Waals surface area contributed by atoms with Crippen LogP contribution in [0.3, 0.4) is 0 Å². The first-order valence-corrected chi connectivity index (χ1v) is 5.44. The second-order valence-corrected chi connectivity index (χ2v) is 4.29. The van der Waals surface area contributed by atoms with Crippen LogP contribution in [0.1, 0.15) is 19.3 Å². The van der Waals surface area contributed by atoms with Gasteiger partial charge in [-0.1, -0.05) is 11.6 Å². The van der Waals surface area contributed by atoms with Gasteiger partial charge in [0.25, 0.3) is 0 Å². The summed E-state index contributed by atoms with van der Waals surface area (Å²) in [5, 5.41) is 12.8. The average Bonchev–Trinajstić information content (AvgIpc) is 2.59. The molecular weight excluding hydrogens is 217 g/mol. The van der Waals surface area contributed by atoms with E-state index < -0.39 is 5.82 Å². The third kappa shape index (κ3) is 2.41. The summed E-state index contributed by atoms with van der Waals surface area (Å²) < 4.78 is 13.1. The standard InChI is InChI=1S/C11H13ClFNO/c12-8-5-4-7(6-9(8)13)14-10-2-1-3-11(10)15/h4-6,10-11,14-15H,1-3H2/t10-,11-/m1/s1. The predicted octanol–water partition coefficient (Wildman–Crippen LogP) is 2.80. The predicted molar refractivity (Wildman–Crippen MR) is 58.7 cm³/mol. The van der Waals surface area contributed by atoms with Gasteiger partial charge in [0.2, 0.25) is 0 Å². The van der Waals surface area contributed by atoms with E-state index in [-0.39, 0.29) is 17.2 Å². The van der Waals surface area contributed by atoms with Crippen molar-refractivity contribution in [2.75, 3.05) is 5.32 Å². The van der Waals surface area contributed by atoms with Crippen molar-refractivity contribution in [1.82, 2.24) is 0 Å². The Balaban J connectivity index is 2.07. The maximum Gasteiger partial charge on any atom is 0.143 e. The maximum absolute atomic E-state index is 13.1. The highest BCUT2D eigenvalue weighted by Gasteiger charge is 2.24. The highest BCUT2D eigenvalue weighted by Crippen LogP contribution is 2.25. The van der Waals surface area contributed by atoms with Gasteiger partial charge in [-0.05, 0) is 37.5 Å². The van der Waals surface area contributed by atoms with Gasteiger partial charge in [-0.3, -0.25) is 0 Å². The smallest absolute Gasteiger partial charge is 0.143 e. The number of hydrogen-bond acceptors (Lipinski definition) is 2. The molecule has 1 aromatic rings. The van der Waals surface area contributed by atoms with Gasteiger partial charge >= 0.3 is 0 Å². The lowest BCUT2D eigenvalue weighted by atomic mass is 10.2. The topological polar surface area (TPSA) is 32.3 Å². The average molecular weight is 230 g/mol. The molecule has 1 saturated carbocycles. The molecule has 0 spiro atoms. The fourth-order valence-corrected chi connectivity index (χ4v) is 2.03. The number of aliphatic hydroxyl groups excluding tert-OH is 1. The number of hydrogen-bond donors (Lipinski definition) is 2. The molecule has 2 rings (SSSR count). The Kier molecular flexibility index (Phi) is 3.12. The molecule has 0 aliphatic heterocycles. The summed E-state index contributed by atoms with van der Waals surface area (Å²) in [6.45, 7) is 0. The van der Waals surface area contributed by atoms with Gasteiger partial charge in [0.1, 0.15) is 5.82 Å². The van der Waals surface area contributed by atoms with Crippen molar-refractivity contribution < 1.29 is 9.50 Å². The number of halogens is 2. The molecule has 0 bridgehead atoms. The van der Waals surface area contributed by atoms with E-state index in [0.717, 1.165) is 19.3 Å². The normalized spacial score (nSPS) is 25.5. The molecule has 0 unspecified atom stereocenters. The van der Waals surface area contributed by atoms with Crippen molar-refractivity contribution in [3.8, 4) is 0 Å². The van der Waals surface area contributed by atoms with Crippen LogP contribution in [0.25, 0.3) is 0 Å². The number of nitrogens with one attached hydrogen (secondary N) is 1. The maximum atomic E-state index is 13.1. The van der Waals surface area contributed by atoms with Crippen LogP contribution in [0.15, 0.2) is 18.2 Å². The molecule has 2 atom stereocenters. The SMILES string of the molecule is O[C@@H]1CCC[C@H]1Nc1ccc(Cl)c(F)c1. The second-order valence-electron chi connectivity index (χ2n) is 3.88. The van der Waals surface area contributed by atoms with Gasteiger partial charge < -0.3 is 10.4 Å². The monoisotopic (exact) mass is 229 g/mol. The van der Waals surface area contributed by atoms with Gasteiger partial charge in [0, 0.05) is 5.69 Å². The number of aliphatic hydroxyl groups is 1. The van der Waals surface area contributed by atoms with E-state index in [9.17, 15) is 9.50 Å². The van der Waals surface area contributed by atoms with Crippen molar-refractivity contribution in [2.24, 2.45) is 0 Å². The minimum Gasteiger partial charge on any atom is -0.391 e. The molecule has 1 aromatic carbocycles. The molecule has 4 heteroatoms. The molecule has 2 N–H and O–H groups in total. The summed E-state index contributed by atoms with van der Waals surface area (Å²) in [6, 6.07) is 4.62. The van der Waals surface area contributed by atoms with Gasteiger partial charge in [0.05, 0.1) is 17.2 Å². The third-order valence-electron chi connectivity index (χ3n) is 2.75. The Hall–Kier alpha value is -0.800. The van der Waals surface area contributed by atoms with Crippen molar-refractivity contribution >= 4 is 17.3 Å². The van der Waals surface area contributed by atoms with E-state index in [1.54, 1.807) is 6.07 Å². The fourth-order valence-electron chi connectivity index (χ4n) is 1.91. The van der Waals surface area contributed by atoms with E-state index in [0.29, 0.717) is 5.69 Å². The van der Waals surface area contributed by atoms with Crippen molar-refractivity contribution in [1.29, 1.82) is 0 Å². The minimum absolute atomic E-state index is 0.0329. The van der Waals surface area contributed by atoms with E-state index in [1.165, 1.54) is 12.1 Å². The van der Waals surface area contributed by atoms with Crippen LogP contribution in [0.2, 0.25) is 5.02 Å². The minimum atomic E-state index is -0.436. The number of benzene rings is 1. The first kappa shape index (κ1) is 10.7. The molecule has 15 heavy (non-hydrogen) atoms. The molecular formula is C11H13ClFNO. The third-order valence-corrected chi connectivity index (χ3v) is 3.06. The zero-order valence-corrected chi connectivity index (χ0v) is 8.97. The fraction of sp³-hybridized carbons (Fsp3) is 0.455. The molecule has 1 aliphatic rings. The highest BCUT2D eigenvalue weighted by atomic mass is 35.5. The molecule has 2 nitrogen and oxygen atoms in total. The molecule has 0 saturated heterocycles. The Morgan fingerprint density at radius 2 is 2.20 bits per heavy atom. The van der Waals surface area contributed by atoms with Crippen LogP contribution < -0.4 is 5.32 Å². The Bertz CT molecular complexity index is 358. The Morgan fingerprint density at radius 1 is 1.40 bits per heavy atom. The van der Waals surface area contributed by atoms with Gasteiger partial charge in [0.15, 0.2) is 0 Å². The molecule has 1 fully saturated rings. The summed E-state index contributed by atoms with van der Waals surface area (Å²) in [7, 11) is 0. The lowest BCUT2D eigenvalue weighted by molar-refractivity contribution is 0.172. The van der Waals surface area contributed by atoms with Gasteiger partial charge in [-0.2, -0.15) is 0 Å². The molecule has 82 valence electrons. The summed E-state index contributed by atoms with van der Waals surface area (Å²) in [5.74, 6) is -0.436. The summed E-state index contributed by atoms with van der Waals surface area (Å²) in [5.41, 5.74) is 0.669. The highest BCUT2D eigenvalue weighted by molar-refractivity contribution is 6.30. The molecule has 0 aromatic heterocycles. The first-order chi connectivity index (χ1) is 7.16. The van der Waals surface area contributed by atoms with Crippen LogP contribution in [0.4, 0.5) is 10.1 Å². The van der Waals surface area contributed by atoms with Crippen LogP contribution in [0.5, 0.6) is 0 Å². The number of anilines is 1. The van der Waals surface area contributed by atoms with E-state index >= 15 is 0 Å². The second kappa shape index (κ2) is 4.37. The molecule has 0 radical (unpaired) electrons. The first-order valence-electron chi connectivity index (χ1n) is 5.06. The molecule has 1 aliphatic carbocycles. The lowest BCUT2D eigenvalue weighted by Crippen LogP contribution is -2.27. The van der Waals surface area contributed by atoms with E-state index in [2.05, 4.69) is 5.32 Å². The van der Waals surface area contributed by atoms with Crippen molar-refractivity contribution in [3.63, 3.8) is 0 Å². The van der Waals surface area contributed by atoms with Crippen molar-refractivity contribution in [3.05, 3.63) is 29.0 Å². The zero-order valence-electron chi connectivity index (χ0n) is 8.21. The Labute approximate surface area is 93.1 Å². The van der Waals surface area contributed by atoms with Crippen molar-refractivity contribution in [2.45, 2.75) is 31.4 Å². The van der Waals surface area contributed by atoms with Crippen LogP contribution >= 0.6 is 11.6 Å². The summed E-state index contributed by atoms with van der Waals surface area (Å²) >= 11 is 5.57. The zero-order chi connectivity index (χ0) is 10.8. The quantitative estimate of drug-likeness (QED) is 0.818. The Morgan fingerprint density at radius 3 is 2.80 bits per heavy atom. The summed E-state index contributed by atoms with van der Waals surface area (Å²) in [4.78, 5) is 0. The van der Waals surface area contributed by atoms with Gasteiger partial charge in [-0.25, -0.2) is 4.39 Å². The van der Waals surface area contributed by atoms with Crippen LogP contribution in [0, 0.1) is 5.82 Å². The van der Waals surface area contributed by atoms with Crippen LogP contribution in [-0.4, -0.2) is 17.3 Å². The molecule has 0 heterocycles. The van der Waals surface area contributed by atoms with Crippen LogP contribution in [-0.2, 0) is 0 Å². The summed E-state index contributed by atoms with van der Waals surface area (Å²) in [6.07, 6.45) is 2.41. The van der Waals surface area contributed by atoms with Gasteiger partial charge in [-0.15, -0.1) is 0 Å². The number of rotatable bonds is 2. The lowest BCUT2D eigenvalue weighted by Gasteiger charge is -2.17. The van der Waals surface area contributed by atoms with E-state index in [1.807, 2.05) is 0 Å². The largest absolute Gasteiger partial charge is 0.391 e.